The number of amides is 1. The quantitative estimate of drug-likeness (QED) is 0.859. The second kappa shape index (κ2) is 7.15. The SMILES string of the molecule is O=C(CSc1ccc(Cl)cc1)Nc1ccc(C(=O)[O-])cc1. The first kappa shape index (κ1) is 15.4. The van der Waals surface area contributed by atoms with Gasteiger partial charge < -0.3 is 15.2 Å². The molecule has 0 aromatic heterocycles. The predicted octanol–water partition coefficient (Wildman–Crippen LogP) is 2.43. The van der Waals surface area contributed by atoms with Gasteiger partial charge in [-0.3, -0.25) is 4.79 Å². The number of nitrogens with one attached hydrogen (secondary N) is 1. The van der Waals surface area contributed by atoms with Crippen molar-refractivity contribution >= 4 is 40.9 Å². The van der Waals surface area contributed by atoms with Crippen LogP contribution in [0.2, 0.25) is 5.02 Å². The lowest BCUT2D eigenvalue weighted by Crippen LogP contribution is -2.22. The molecule has 21 heavy (non-hydrogen) atoms. The molecule has 0 spiro atoms. The lowest BCUT2D eigenvalue weighted by molar-refractivity contribution is -0.255. The third-order valence-electron chi connectivity index (χ3n) is 2.59. The number of carbonyl (C=O) groups is 2. The lowest BCUT2D eigenvalue weighted by Gasteiger charge is -2.07. The van der Waals surface area contributed by atoms with Crippen LogP contribution in [0.15, 0.2) is 53.4 Å². The zero-order chi connectivity index (χ0) is 15.2. The van der Waals surface area contributed by atoms with Crippen LogP contribution in [0.5, 0.6) is 0 Å². The Morgan fingerprint density at radius 2 is 1.67 bits per heavy atom. The van der Waals surface area contributed by atoms with Crippen molar-refractivity contribution in [2.75, 3.05) is 11.1 Å². The highest BCUT2D eigenvalue weighted by molar-refractivity contribution is 8.00. The maximum atomic E-state index is 11.8. The van der Waals surface area contributed by atoms with Gasteiger partial charge in [0.15, 0.2) is 0 Å². The molecule has 0 fully saturated rings. The van der Waals surface area contributed by atoms with Gasteiger partial charge in [0.25, 0.3) is 0 Å². The van der Waals surface area contributed by atoms with E-state index in [1.807, 2.05) is 12.1 Å². The van der Waals surface area contributed by atoms with Crippen molar-refractivity contribution in [3.63, 3.8) is 0 Å². The molecule has 0 aliphatic rings. The number of anilines is 1. The first-order valence-corrected chi connectivity index (χ1v) is 7.40. The number of carbonyl (C=O) groups excluding carboxylic acids is 2. The Bertz CT molecular complexity index is 641. The number of thioether (sulfide) groups is 1. The summed E-state index contributed by atoms with van der Waals surface area (Å²) < 4.78 is 0. The lowest BCUT2D eigenvalue weighted by atomic mass is 10.2. The van der Waals surface area contributed by atoms with Crippen molar-refractivity contribution < 1.29 is 14.7 Å². The van der Waals surface area contributed by atoms with E-state index >= 15 is 0 Å². The van der Waals surface area contributed by atoms with Crippen LogP contribution in [0.1, 0.15) is 10.4 Å². The molecule has 0 saturated carbocycles. The van der Waals surface area contributed by atoms with Gasteiger partial charge in [-0.05, 0) is 42.0 Å². The molecule has 0 radical (unpaired) electrons. The molecule has 2 rings (SSSR count). The first-order valence-electron chi connectivity index (χ1n) is 6.04. The minimum Gasteiger partial charge on any atom is -0.545 e. The predicted molar refractivity (Wildman–Crippen MR) is 81.6 cm³/mol. The van der Waals surface area contributed by atoms with Crippen LogP contribution in [-0.2, 0) is 4.79 Å². The van der Waals surface area contributed by atoms with Crippen molar-refractivity contribution in [3.05, 3.63) is 59.1 Å². The Labute approximate surface area is 131 Å². The maximum Gasteiger partial charge on any atom is 0.234 e. The van der Waals surface area contributed by atoms with Gasteiger partial charge >= 0.3 is 0 Å². The second-order valence-electron chi connectivity index (χ2n) is 4.16. The Balaban J connectivity index is 1.86. The Morgan fingerprint density at radius 1 is 1.05 bits per heavy atom. The van der Waals surface area contributed by atoms with E-state index < -0.39 is 5.97 Å². The molecule has 4 nitrogen and oxygen atoms in total. The number of halogens is 1. The summed E-state index contributed by atoms with van der Waals surface area (Å²) in [5.41, 5.74) is 0.616. The summed E-state index contributed by atoms with van der Waals surface area (Å²) in [6, 6.07) is 13.0. The van der Waals surface area contributed by atoms with Crippen molar-refractivity contribution in [1.82, 2.24) is 0 Å². The standard InChI is InChI=1S/C15H12ClNO3S/c16-11-3-7-13(8-4-11)21-9-14(18)17-12-5-1-10(2-6-12)15(19)20/h1-8H,9H2,(H,17,18)(H,19,20)/p-1. The molecule has 0 saturated heterocycles. The Hall–Kier alpha value is -1.98. The highest BCUT2D eigenvalue weighted by Crippen LogP contribution is 2.20. The van der Waals surface area contributed by atoms with Gasteiger partial charge in [0, 0.05) is 15.6 Å². The molecule has 6 heteroatoms. The molecule has 0 atom stereocenters. The average molecular weight is 321 g/mol. The molecular weight excluding hydrogens is 310 g/mol. The number of hydrogen-bond donors (Lipinski definition) is 1. The van der Waals surface area contributed by atoms with Gasteiger partial charge in [0.1, 0.15) is 0 Å². The van der Waals surface area contributed by atoms with E-state index in [-0.39, 0.29) is 17.2 Å². The normalized spacial score (nSPS) is 10.1. The Kier molecular flexibility index (Phi) is 5.25. The molecule has 0 aliphatic carbocycles. The number of rotatable bonds is 5. The summed E-state index contributed by atoms with van der Waals surface area (Å²) in [5.74, 6) is -1.16. The number of aromatic carboxylic acids is 1. The van der Waals surface area contributed by atoms with Gasteiger partial charge in [0.05, 0.1) is 11.7 Å². The molecule has 0 bridgehead atoms. The largest absolute Gasteiger partial charge is 0.545 e. The van der Waals surface area contributed by atoms with E-state index in [1.54, 1.807) is 12.1 Å². The number of carboxylic acid groups (broad SMARTS) is 1. The molecule has 2 aromatic carbocycles. The fourth-order valence-corrected chi connectivity index (χ4v) is 2.39. The summed E-state index contributed by atoms with van der Waals surface area (Å²) in [6.45, 7) is 0. The Morgan fingerprint density at radius 3 is 2.24 bits per heavy atom. The fourth-order valence-electron chi connectivity index (χ4n) is 1.57. The molecule has 1 N–H and O–H groups in total. The van der Waals surface area contributed by atoms with Crippen molar-refractivity contribution in [2.45, 2.75) is 4.90 Å². The number of hydrogen-bond acceptors (Lipinski definition) is 4. The van der Waals surface area contributed by atoms with Crippen LogP contribution in [0.4, 0.5) is 5.69 Å². The molecule has 1 amide bonds. The van der Waals surface area contributed by atoms with Crippen molar-refractivity contribution in [3.8, 4) is 0 Å². The molecule has 0 aliphatic heterocycles. The third-order valence-corrected chi connectivity index (χ3v) is 3.85. The number of benzene rings is 2. The topological polar surface area (TPSA) is 69.2 Å². The highest BCUT2D eigenvalue weighted by Gasteiger charge is 2.04. The smallest absolute Gasteiger partial charge is 0.234 e. The van der Waals surface area contributed by atoms with Gasteiger partial charge in [-0.1, -0.05) is 23.7 Å². The summed E-state index contributed by atoms with van der Waals surface area (Å²) >= 11 is 7.17. The summed E-state index contributed by atoms with van der Waals surface area (Å²) in [5, 5.41) is 13.9. The monoisotopic (exact) mass is 320 g/mol. The van der Waals surface area contributed by atoms with Crippen LogP contribution < -0.4 is 10.4 Å². The minimum absolute atomic E-state index is 0.0727. The van der Waals surface area contributed by atoms with Crippen LogP contribution in [0, 0.1) is 0 Å². The van der Waals surface area contributed by atoms with Crippen LogP contribution >= 0.6 is 23.4 Å². The van der Waals surface area contributed by atoms with Crippen LogP contribution in [0.25, 0.3) is 0 Å². The van der Waals surface area contributed by atoms with E-state index in [4.69, 9.17) is 11.6 Å². The molecular formula is C15H11ClNO3S-. The van der Waals surface area contributed by atoms with Crippen molar-refractivity contribution in [1.29, 1.82) is 0 Å². The minimum atomic E-state index is -1.24. The van der Waals surface area contributed by atoms with Gasteiger partial charge in [-0.15, -0.1) is 11.8 Å². The van der Waals surface area contributed by atoms with Gasteiger partial charge in [-0.25, -0.2) is 0 Å². The van der Waals surface area contributed by atoms with Crippen molar-refractivity contribution in [2.24, 2.45) is 0 Å². The van der Waals surface area contributed by atoms with E-state index in [9.17, 15) is 14.7 Å². The average Bonchev–Trinajstić information content (AvgIpc) is 2.47. The zero-order valence-corrected chi connectivity index (χ0v) is 12.4. The van der Waals surface area contributed by atoms with E-state index in [0.29, 0.717) is 10.7 Å². The van der Waals surface area contributed by atoms with Gasteiger partial charge in [-0.2, -0.15) is 0 Å². The molecule has 0 heterocycles. The first-order chi connectivity index (χ1) is 10.0. The zero-order valence-electron chi connectivity index (χ0n) is 10.8. The molecule has 0 unspecified atom stereocenters. The maximum absolute atomic E-state index is 11.8. The molecule has 108 valence electrons. The summed E-state index contributed by atoms with van der Waals surface area (Å²) in [6.07, 6.45) is 0. The summed E-state index contributed by atoms with van der Waals surface area (Å²) in [4.78, 5) is 23.3. The van der Waals surface area contributed by atoms with Crippen LogP contribution in [-0.4, -0.2) is 17.6 Å². The highest BCUT2D eigenvalue weighted by atomic mass is 35.5. The number of carboxylic acids is 1. The van der Waals surface area contributed by atoms with E-state index in [1.165, 1.54) is 36.0 Å². The van der Waals surface area contributed by atoms with E-state index in [0.717, 1.165) is 4.90 Å². The van der Waals surface area contributed by atoms with E-state index in [2.05, 4.69) is 5.32 Å². The summed E-state index contributed by atoms with van der Waals surface area (Å²) in [7, 11) is 0. The van der Waals surface area contributed by atoms with Gasteiger partial charge in [0.2, 0.25) is 5.91 Å². The fraction of sp³-hybridized carbons (Fsp3) is 0.0667. The third kappa shape index (κ3) is 4.81. The second-order valence-corrected chi connectivity index (χ2v) is 5.64. The van der Waals surface area contributed by atoms with Crippen LogP contribution in [0.3, 0.4) is 0 Å². The molecule has 2 aromatic rings.